The van der Waals surface area contributed by atoms with Gasteiger partial charge in [-0.25, -0.2) is 17.6 Å². The number of hydrogen-bond acceptors (Lipinski definition) is 3. The van der Waals surface area contributed by atoms with Crippen LogP contribution in [0, 0.1) is 5.82 Å². The smallest absolute Gasteiger partial charge is 0.317 e. The second-order valence-electron chi connectivity index (χ2n) is 6.52. The van der Waals surface area contributed by atoms with E-state index < -0.39 is 10.0 Å². The number of hydrogen-bond donors (Lipinski definition) is 1. The lowest BCUT2D eigenvalue weighted by molar-refractivity contribution is 0.172. The molecule has 0 saturated carbocycles. The van der Waals surface area contributed by atoms with E-state index in [0.29, 0.717) is 12.0 Å². The largest absolute Gasteiger partial charge is 0.338 e. The molecule has 0 atom stereocenters. The van der Waals surface area contributed by atoms with Gasteiger partial charge in [-0.3, -0.25) is 0 Å². The van der Waals surface area contributed by atoms with Crippen LogP contribution >= 0.6 is 23.2 Å². The van der Waals surface area contributed by atoms with Crippen molar-refractivity contribution in [3.05, 3.63) is 63.9 Å². The first-order valence-corrected chi connectivity index (χ1v) is 11.2. The molecule has 0 radical (unpaired) electrons. The minimum atomic E-state index is -3.86. The van der Waals surface area contributed by atoms with Crippen LogP contribution in [0.4, 0.5) is 9.18 Å². The van der Waals surface area contributed by atoms with Gasteiger partial charge in [0.25, 0.3) is 0 Å². The van der Waals surface area contributed by atoms with Crippen LogP contribution in [0.15, 0.2) is 47.4 Å². The Morgan fingerprint density at radius 2 is 1.62 bits per heavy atom. The summed E-state index contributed by atoms with van der Waals surface area (Å²) in [7, 11) is -3.86. The first kappa shape index (κ1) is 21.8. The molecule has 1 heterocycles. The van der Waals surface area contributed by atoms with Crippen LogP contribution in [-0.2, 0) is 16.4 Å². The van der Waals surface area contributed by atoms with E-state index >= 15 is 0 Å². The van der Waals surface area contributed by atoms with Gasteiger partial charge in [-0.1, -0.05) is 47.5 Å². The maximum atomic E-state index is 13.6. The van der Waals surface area contributed by atoms with Gasteiger partial charge < -0.3 is 10.2 Å². The Morgan fingerprint density at radius 3 is 2.24 bits per heavy atom. The summed E-state index contributed by atoms with van der Waals surface area (Å²) in [6.07, 6.45) is 0.373. The third-order valence-electron chi connectivity index (χ3n) is 4.67. The fourth-order valence-electron chi connectivity index (χ4n) is 3.11. The van der Waals surface area contributed by atoms with E-state index in [1.807, 2.05) is 0 Å². The Hall–Kier alpha value is -1.87. The van der Waals surface area contributed by atoms with Crippen molar-refractivity contribution in [1.82, 2.24) is 14.5 Å². The number of halogens is 3. The van der Waals surface area contributed by atoms with Crippen LogP contribution < -0.4 is 5.32 Å². The maximum Gasteiger partial charge on any atom is 0.317 e. The summed E-state index contributed by atoms with van der Waals surface area (Å²) in [5.41, 5.74) is 0.528. The summed E-state index contributed by atoms with van der Waals surface area (Å²) < 4.78 is 40.6. The maximum absolute atomic E-state index is 13.6. The number of carbonyl (C=O) groups is 1. The molecule has 0 aliphatic carbocycles. The molecule has 1 aliphatic heterocycles. The van der Waals surface area contributed by atoms with E-state index in [1.165, 1.54) is 27.4 Å². The highest BCUT2D eigenvalue weighted by molar-refractivity contribution is 7.89. The van der Waals surface area contributed by atoms with E-state index in [0.717, 1.165) is 0 Å². The Morgan fingerprint density at radius 1 is 1.00 bits per heavy atom. The molecule has 0 spiro atoms. The van der Waals surface area contributed by atoms with Gasteiger partial charge in [0, 0.05) is 32.7 Å². The predicted octanol–water partition coefficient (Wildman–Crippen LogP) is 3.39. The normalized spacial score (nSPS) is 15.3. The van der Waals surface area contributed by atoms with Gasteiger partial charge in [-0.15, -0.1) is 0 Å². The van der Waals surface area contributed by atoms with Crippen molar-refractivity contribution in [2.45, 2.75) is 11.3 Å². The highest BCUT2D eigenvalue weighted by atomic mass is 35.5. The lowest BCUT2D eigenvalue weighted by Crippen LogP contribution is -2.53. The molecule has 6 nitrogen and oxygen atoms in total. The molecule has 3 rings (SSSR count). The van der Waals surface area contributed by atoms with Crippen LogP contribution in [0.2, 0.25) is 10.0 Å². The summed E-state index contributed by atoms with van der Waals surface area (Å²) in [6, 6.07) is 10.6. The summed E-state index contributed by atoms with van der Waals surface area (Å²) in [4.78, 5) is 13.7. The molecule has 10 heteroatoms. The van der Waals surface area contributed by atoms with Gasteiger partial charge in [0.1, 0.15) is 10.7 Å². The van der Waals surface area contributed by atoms with E-state index in [-0.39, 0.29) is 59.5 Å². The molecule has 0 unspecified atom stereocenters. The zero-order valence-electron chi connectivity index (χ0n) is 15.4. The standard InChI is InChI=1S/C19H20Cl2FN3O3S/c20-15-5-3-6-16(21)18(15)29(27,28)25-12-10-24(11-13-25)19(26)23-9-8-14-4-1-2-7-17(14)22/h1-7H,8-13H2,(H,23,26). The topological polar surface area (TPSA) is 69.7 Å². The van der Waals surface area contributed by atoms with Gasteiger partial charge in [0.05, 0.1) is 10.0 Å². The Balaban J connectivity index is 1.54. The first-order chi connectivity index (χ1) is 13.8. The molecule has 156 valence electrons. The second-order valence-corrected chi connectivity index (χ2v) is 9.20. The number of carbonyl (C=O) groups excluding carboxylic acids is 1. The Bertz CT molecular complexity index is 976. The fraction of sp³-hybridized carbons (Fsp3) is 0.316. The Labute approximate surface area is 179 Å². The number of piperazine rings is 1. The lowest BCUT2D eigenvalue weighted by atomic mass is 10.1. The number of amides is 2. The van der Waals surface area contributed by atoms with Crippen LogP contribution in [0.1, 0.15) is 5.56 Å². The van der Waals surface area contributed by atoms with Crippen molar-refractivity contribution in [2.75, 3.05) is 32.7 Å². The van der Waals surface area contributed by atoms with E-state index in [9.17, 15) is 17.6 Å². The number of sulfonamides is 1. The predicted molar refractivity (Wildman–Crippen MR) is 110 cm³/mol. The zero-order valence-corrected chi connectivity index (χ0v) is 17.8. The number of urea groups is 1. The van der Waals surface area contributed by atoms with E-state index in [1.54, 1.807) is 24.3 Å². The molecule has 0 bridgehead atoms. The monoisotopic (exact) mass is 459 g/mol. The molecule has 2 amide bonds. The minimum Gasteiger partial charge on any atom is -0.338 e. The van der Waals surface area contributed by atoms with Crippen LogP contribution in [-0.4, -0.2) is 56.4 Å². The van der Waals surface area contributed by atoms with Gasteiger partial charge in [-0.2, -0.15) is 4.31 Å². The van der Waals surface area contributed by atoms with Crippen molar-refractivity contribution in [1.29, 1.82) is 0 Å². The Kier molecular flexibility index (Phi) is 7.00. The first-order valence-electron chi connectivity index (χ1n) is 9.01. The van der Waals surface area contributed by atoms with Crippen molar-refractivity contribution >= 4 is 39.3 Å². The third-order valence-corrected chi connectivity index (χ3v) is 7.53. The third kappa shape index (κ3) is 5.01. The summed E-state index contributed by atoms with van der Waals surface area (Å²) in [6.45, 7) is 1.00. The second kappa shape index (κ2) is 9.30. The van der Waals surface area contributed by atoms with Crippen molar-refractivity contribution in [2.24, 2.45) is 0 Å². The molecule has 2 aromatic rings. The molecular weight excluding hydrogens is 440 g/mol. The summed E-state index contributed by atoms with van der Waals surface area (Å²) in [5.74, 6) is -0.307. The number of nitrogens with one attached hydrogen (secondary N) is 1. The zero-order chi connectivity index (χ0) is 21.0. The SMILES string of the molecule is O=C(NCCc1ccccc1F)N1CCN(S(=O)(=O)c2c(Cl)cccc2Cl)CC1. The molecule has 1 aliphatic rings. The molecule has 1 N–H and O–H groups in total. The molecular formula is C19H20Cl2FN3O3S. The average Bonchev–Trinajstić information content (AvgIpc) is 2.69. The molecule has 0 aromatic heterocycles. The van der Waals surface area contributed by atoms with Gasteiger partial charge >= 0.3 is 6.03 Å². The molecule has 1 saturated heterocycles. The highest BCUT2D eigenvalue weighted by Crippen LogP contribution is 2.31. The van der Waals surface area contributed by atoms with Crippen LogP contribution in [0.5, 0.6) is 0 Å². The van der Waals surface area contributed by atoms with Crippen molar-refractivity contribution in [3.8, 4) is 0 Å². The van der Waals surface area contributed by atoms with E-state index in [4.69, 9.17) is 23.2 Å². The van der Waals surface area contributed by atoms with E-state index in [2.05, 4.69) is 5.32 Å². The van der Waals surface area contributed by atoms with Crippen LogP contribution in [0.3, 0.4) is 0 Å². The molecule has 1 fully saturated rings. The summed E-state index contributed by atoms with van der Waals surface area (Å²) >= 11 is 12.1. The quantitative estimate of drug-likeness (QED) is 0.744. The van der Waals surface area contributed by atoms with Crippen LogP contribution in [0.25, 0.3) is 0 Å². The summed E-state index contributed by atoms with van der Waals surface area (Å²) in [5, 5.41) is 2.86. The minimum absolute atomic E-state index is 0.0609. The van der Waals surface area contributed by atoms with Gasteiger partial charge in [0.2, 0.25) is 10.0 Å². The number of nitrogens with zero attached hydrogens (tertiary/aromatic N) is 2. The molecule has 2 aromatic carbocycles. The average molecular weight is 460 g/mol. The highest BCUT2D eigenvalue weighted by Gasteiger charge is 2.32. The lowest BCUT2D eigenvalue weighted by Gasteiger charge is -2.34. The van der Waals surface area contributed by atoms with Gasteiger partial charge in [0.15, 0.2) is 0 Å². The fourth-order valence-corrected chi connectivity index (χ4v) is 5.62. The van der Waals surface area contributed by atoms with Gasteiger partial charge in [-0.05, 0) is 30.2 Å². The number of benzene rings is 2. The van der Waals surface area contributed by atoms with Crippen molar-refractivity contribution < 1.29 is 17.6 Å². The van der Waals surface area contributed by atoms with Crippen molar-refractivity contribution in [3.63, 3.8) is 0 Å². The number of rotatable bonds is 5. The molecule has 29 heavy (non-hydrogen) atoms.